The molecule has 0 aliphatic carbocycles. The molecule has 0 unspecified atom stereocenters. The third-order valence-electron chi connectivity index (χ3n) is 6.72. The predicted octanol–water partition coefficient (Wildman–Crippen LogP) is 6.50. The lowest BCUT2D eigenvalue weighted by atomic mass is 9.82. The van der Waals surface area contributed by atoms with Crippen molar-refractivity contribution in [1.29, 1.82) is 0 Å². The second-order valence-corrected chi connectivity index (χ2v) is 14.3. The quantitative estimate of drug-likeness (QED) is 0.145. The molecule has 0 aromatic rings. The van der Waals surface area contributed by atoms with Crippen molar-refractivity contribution >= 4 is 23.7 Å². The fraction of sp³-hybridized carbons (Fsp3) is 0.812. The topological polar surface area (TPSA) is 114 Å². The van der Waals surface area contributed by atoms with E-state index in [9.17, 15) is 19.2 Å². The average Bonchev–Trinajstić information content (AvgIpc) is 3.27. The molecule has 41 heavy (non-hydrogen) atoms. The van der Waals surface area contributed by atoms with Crippen LogP contribution in [0.4, 0.5) is 0 Å². The van der Waals surface area contributed by atoms with Crippen LogP contribution in [0.1, 0.15) is 133 Å². The lowest BCUT2D eigenvalue weighted by Crippen LogP contribution is -2.54. The minimum atomic E-state index is -2.20. The normalized spacial score (nSPS) is 24.7. The number of hydrogen-bond donors (Lipinski definition) is 0. The van der Waals surface area contributed by atoms with Crippen LogP contribution in [0.3, 0.4) is 0 Å². The third-order valence-corrected chi connectivity index (χ3v) is 6.72. The number of hydrogen-bond acceptors (Lipinski definition) is 9. The highest BCUT2D eigenvalue weighted by Gasteiger charge is 2.70. The van der Waals surface area contributed by atoms with Crippen LogP contribution in [-0.4, -0.2) is 51.9 Å². The second-order valence-electron chi connectivity index (χ2n) is 14.3. The Labute approximate surface area is 246 Å². The number of ketones is 1. The number of esters is 3. The molecule has 0 bridgehead atoms. The Balaban J connectivity index is 2.40. The maximum Gasteiger partial charge on any atom is 0.340 e. The van der Waals surface area contributed by atoms with Crippen LogP contribution in [-0.2, 0) is 42.9 Å². The summed E-state index contributed by atoms with van der Waals surface area (Å²) in [6.45, 7) is 17.3. The molecule has 0 amide bonds. The molecule has 9 heteroatoms. The van der Waals surface area contributed by atoms with Crippen molar-refractivity contribution in [3.63, 3.8) is 0 Å². The van der Waals surface area contributed by atoms with E-state index in [1.807, 2.05) is 0 Å². The summed E-state index contributed by atoms with van der Waals surface area (Å²) in [5.41, 5.74) is -4.51. The first-order valence-electron chi connectivity index (χ1n) is 15.0. The first kappa shape index (κ1) is 34.8. The summed E-state index contributed by atoms with van der Waals surface area (Å²) < 4.78 is 29.0. The molecule has 3 atom stereocenters. The molecule has 0 aromatic heterocycles. The van der Waals surface area contributed by atoms with E-state index in [1.165, 1.54) is 25.5 Å². The molecule has 2 aliphatic rings. The molecule has 2 aliphatic heterocycles. The van der Waals surface area contributed by atoms with Gasteiger partial charge < -0.3 is 23.7 Å². The van der Waals surface area contributed by atoms with Crippen LogP contribution in [0.25, 0.3) is 0 Å². The summed E-state index contributed by atoms with van der Waals surface area (Å²) in [5.74, 6) is -6.29. The molecule has 0 saturated carbocycles. The van der Waals surface area contributed by atoms with Gasteiger partial charge in [-0.3, -0.25) is 14.4 Å². The van der Waals surface area contributed by atoms with E-state index in [1.54, 1.807) is 62.3 Å². The summed E-state index contributed by atoms with van der Waals surface area (Å²) in [7, 11) is 0. The Morgan fingerprint density at radius 1 is 0.829 bits per heavy atom. The lowest BCUT2D eigenvalue weighted by Gasteiger charge is -2.35. The van der Waals surface area contributed by atoms with Crippen molar-refractivity contribution in [2.24, 2.45) is 5.92 Å². The fourth-order valence-corrected chi connectivity index (χ4v) is 5.03. The number of ether oxygens (including phenoxy) is 5. The van der Waals surface area contributed by atoms with Gasteiger partial charge in [0.15, 0.2) is 5.60 Å². The molecule has 1 saturated heterocycles. The average molecular weight is 581 g/mol. The van der Waals surface area contributed by atoms with E-state index >= 15 is 0 Å². The number of Topliss-reactive ketones (excluding diaryl/α,β-unsaturated/α-hetero) is 1. The highest BCUT2D eigenvalue weighted by Crippen LogP contribution is 2.51. The first-order valence-corrected chi connectivity index (χ1v) is 15.0. The zero-order valence-electron chi connectivity index (χ0n) is 26.9. The maximum absolute atomic E-state index is 13.9. The van der Waals surface area contributed by atoms with Crippen LogP contribution in [0.2, 0.25) is 0 Å². The minimum absolute atomic E-state index is 0.306. The number of carbonyl (C=O) groups is 4. The van der Waals surface area contributed by atoms with Crippen LogP contribution in [0, 0.1) is 5.92 Å². The lowest BCUT2D eigenvalue weighted by molar-refractivity contribution is -0.233. The van der Waals surface area contributed by atoms with E-state index in [2.05, 4.69) is 6.92 Å². The summed E-state index contributed by atoms with van der Waals surface area (Å²) in [6.07, 6.45) is 8.51. The van der Waals surface area contributed by atoms with Gasteiger partial charge in [-0.15, -0.1) is 0 Å². The number of unbranched alkanes of at least 4 members (excludes halogenated alkanes) is 6. The Hall–Kier alpha value is -2.42. The molecule has 2 heterocycles. The number of carbonyl (C=O) groups excluding carboxylic acids is 4. The smallest absolute Gasteiger partial charge is 0.340 e. The van der Waals surface area contributed by atoms with E-state index in [0.29, 0.717) is 12.0 Å². The third kappa shape index (κ3) is 9.83. The standard InChI is InChI=1S/C32H52O9/c1-11-12-13-14-15-16-17-18-22-21-37-32(25(22)34)19-23(26(35)39-29(5,6)7)31(41-32,27(36)40-30(8,9)10)20-24(33)38-28(2,3)4/h21,23H,11-20H2,1-10H3/t23-,31-,32+/m0/s1. The van der Waals surface area contributed by atoms with Gasteiger partial charge >= 0.3 is 17.9 Å². The van der Waals surface area contributed by atoms with Crippen LogP contribution < -0.4 is 0 Å². The van der Waals surface area contributed by atoms with Crippen molar-refractivity contribution in [3.8, 4) is 0 Å². The SMILES string of the molecule is CCCCCCCCCC1=CO[C@@]2(C[C@@H](C(=O)OC(C)(C)C)[C@@](CC(=O)OC(C)(C)C)(C(=O)OC(C)(C)C)O2)C1=O. The predicted molar refractivity (Wildman–Crippen MR) is 154 cm³/mol. The van der Waals surface area contributed by atoms with E-state index in [-0.39, 0.29) is 6.42 Å². The molecule has 9 nitrogen and oxygen atoms in total. The van der Waals surface area contributed by atoms with Gasteiger partial charge in [-0.2, -0.15) is 0 Å². The molecule has 0 N–H and O–H groups in total. The van der Waals surface area contributed by atoms with E-state index in [0.717, 1.165) is 25.7 Å². The van der Waals surface area contributed by atoms with Crippen molar-refractivity contribution < 1.29 is 42.9 Å². The van der Waals surface area contributed by atoms with Crippen molar-refractivity contribution in [1.82, 2.24) is 0 Å². The Kier molecular flexibility index (Phi) is 11.2. The van der Waals surface area contributed by atoms with E-state index < -0.39 is 64.2 Å². The number of rotatable bonds is 12. The maximum atomic E-state index is 13.9. The largest absolute Gasteiger partial charge is 0.462 e. The molecule has 0 radical (unpaired) electrons. The van der Waals surface area contributed by atoms with Crippen molar-refractivity contribution in [3.05, 3.63) is 11.8 Å². The van der Waals surface area contributed by atoms with Gasteiger partial charge in [-0.25, -0.2) is 4.79 Å². The summed E-state index contributed by atoms with van der Waals surface area (Å²) in [4.78, 5) is 54.4. The highest BCUT2D eigenvalue weighted by atomic mass is 16.7. The molecule has 234 valence electrons. The zero-order valence-corrected chi connectivity index (χ0v) is 26.9. The Bertz CT molecular complexity index is 992. The van der Waals surface area contributed by atoms with Gasteiger partial charge in [0, 0.05) is 12.0 Å². The molecule has 2 rings (SSSR count). The first-order chi connectivity index (χ1) is 18.7. The van der Waals surface area contributed by atoms with Crippen molar-refractivity contribution in [2.45, 2.75) is 162 Å². The van der Waals surface area contributed by atoms with Crippen molar-refractivity contribution in [2.75, 3.05) is 0 Å². The van der Waals surface area contributed by atoms with Gasteiger partial charge in [0.05, 0.1) is 12.7 Å². The summed E-state index contributed by atoms with van der Waals surface area (Å²) in [5, 5.41) is 0. The van der Waals surface area contributed by atoms with Crippen LogP contribution in [0.15, 0.2) is 11.8 Å². The molecule has 1 fully saturated rings. The highest BCUT2D eigenvalue weighted by molar-refractivity contribution is 6.04. The minimum Gasteiger partial charge on any atom is -0.462 e. The zero-order chi connectivity index (χ0) is 31.3. The fourth-order valence-electron chi connectivity index (χ4n) is 5.03. The Morgan fingerprint density at radius 3 is 1.90 bits per heavy atom. The Morgan fingerprint density at radius 2 is 1.37 bits per heavy atom. The van der Waals surface area contributed by atoms with Gasteiger partial charge in [0.25, 0.3) is 5.79 Å². The molecular formula is C32H52O9. The molecule has 0 aromatic carbocycles. The van der Waals surface area contributed by atoms with Gasteiger partial charge in [0.1, 0.15) is 22.7 Å². The molecule has 1 spiro atoms. The second kappa shape index (κ2) is 13.3. The monoisotopic (exact) mass is 580 g/mol. The van der Waals surface area contributed by atoms with E-state index in [4.69, 9.17) is 23.7 Å². The summed E-state index contributed by atoms with van der Waals surface area (Å²) >= 11 is 0. The van der Waals surface area contributed by atoms with Crippen LogP contribution in [0.5, 0.6) is 0 Å². The molecular weight excluding hydrogens is 528 g/mol. The van der Waals surface area contributed by atoms with Crippen LogP contribution >= 0.6 is 0 Å². The van der Waals surface area contributed by atoms with Gasteiger partial charge in [0.2, 0.25) is 5.78 Å². The van der Waals surface area contributed by atoms with Gasteiger partial charge in [-0.05, 0) is 75.2 Å². The van der Waals surface area contributed by atoms with Gasteiger partial charge in [-0.1, -0.05) is 45.4 Å². The summed E-state index contributed by atoms with van der Waals surface area (Å²) in [6, 6.07) is 0.